The highest BCUT2D eigenvalue weighted by Crippen LogP contribution is 2.25. The average Bonchev–Trinajstić information content (AvgIpc) is 2.48. The molecule has 0 fully saturated rings. The highest BCUT2D eigenvalue weighted by atomic mass is 35.5. The molecule has 110 valence electrons. The summed E-state index contributed by atoms with van der Waals surface area (Å²) >= 11 is 5.77. The van der Waals surface area contributed by atoms with Crippen molar-refractivity contribution in [1.29, 1.82) is 0 Å². The molecule has 1 atom stereocenters. The van der Waals surface area contributed by atoms with Gasteiger partial charge in [0.05, 0.1) is 5.02 Å². The topological polar surface area (TPSA) is 37.3 Å². The molecule has 0 radical (unpaired) electrons. The fraction of sp³-hybridized carbons (Fsp3) is 0.235. The Morgan fingerprint density at radius 3 is 2.38 bits per heavy atom. The highest BCUT2D eigenvalue weighted by Gasteiger charge is 2.09. The monoisotopic (exact) mass is 306 g/mol. The van der Waals surface area contributed by atoms with Crippen LogP contribution in [0, 0.1) is 5.82 Å². The maximum Gasteiger partial charge on any atom is 0.161 e. The smallest absolute Gasteiger partial charge is 0.161 e. The van der Waals surface area contributed by atoms with Crippen molar-refractivity contribution in [2.45, 2.75) is 25.9 Å². The number of Topliss-reactive ketones (excluding diaryl/α,β-unsaturated/α-hetero) is 1. The second kappa shape index (κ2) is 6.83. The minimum Gasteiger partial charge on any atom is -0.386 e. The summed E-state index contributed by atoms with van der Waals surface area (Å²) in [6.45, 7) is 1.48. The third-order valence-electron chi connectivity index (χ3n) is 3.33. The van der Waals surface area contributed by atoms with Crippen LogP contribution in [-0.2, 0) is 11.2 Å². The molecule has 0 bridgehead atoms. The molecule has 2 aromatic carbocycles. The molecule has 2 aromatic rings. The third kappa shape index (κ3) is 4.13. The van der Waals surface area contributed by atoms with Gasteiger partial charge in [0.15, 0.2) is 5.78 Å². The molecule has 21 heavy (non-hydrogen) atoms. The fourth-order valence-corrected chi connectivity index (χ4v) is 2.20. The van der Waals surface area contributed by atoms with Gasteiger partial charge < -0.3 is 5.11 Å². The van der Waals surface area contributed by atoms with Gasteiger partial charge in [-0.25, -0.2) is 4.39 Å². The average molecular weight is 307 g/mol. The van der Waals surface area contributed by atoms with Crippen molar-refractivity contribution in [3.63, 3.8) is 0 Å². The van der Waals surface area contributed by atoms with Gasteiger partial charge in [0, 0.05) is 6.42 Å². The van der Waals surface area contributed by atoms with E-state index >= 15 is 0 Å². The number of aryl methyl sites for hydroxylation is 1. The number of rotatable bonds is 5. The number of carbonyl (C=O) groups excluding carboxylic acids is 1. The van der Waals surface area contributed by atoms with Gasteiger partial charge in [0.2, 0.25) is 0 Å². The Labute approximate surface area is 128 Å². The summed E-state index contributed by atoms with van der Waals surface area (Å²) in [4.78, 5) is 11.4. The first kappa shape index (κ1) is 15.7. The lowest BCUT2D eigenvalue weighted by atomic mass is 10.0. The maximum atomic E-state index is 13.1. The van der Waals surface area contributed by atoms with Gasteiger partial charge in [-0.2, -0.15) is 0 Å². The molecule has 0 spiro atoms. The summed E-state index contributed by atoms with van der Waals surface area (Å²) in [5.74, 6) is -0.599. The van der Waals surface area contributed by atoms with Crippen LogP contribution in [0.2, 0.25) is 5.02 Å². The van der Waals surface area contributed by atoms with Crippen LogP contribution >= 0.6 is 11.6 Å². The minimum atomic E-state index is -0.911. The summed E-state index contributed by atoms with van der Waals surface area (Å²) in [5, 5.41) is 9.24. The Bertz CT molecular complexity index is 636. The zero-order chi connectivity index (χ0) is 15.4. The summed E-state index contributed by atoms with van der Waals surface area (Å²) in [5.41, 5.74) is 2.79. The van der Waals surface area contributed by atoms with Crippen LogP contribution < -0.4 is 0 Å². The van der Waals surface area contributed by atoms with Crippen molar-refractivity contribution in [2.24, 2.45) is 0 Å². The van der Waals surface area contributed by atoms with Crippen molar-refractivity contribution in [3.05, 3.63) is 58.9 Å². The van der Waals surface area contributed by atoms with Gasteiger partial charge in [-0.15, -0.1) is 0 Å². The lowest BCUT2D eigenvalue weighted by molar-refractivity contribution is -0.126. The van der Waals surface area contributed by atoms with Gasteiger partial charge in [0.25, 0.3) is 0 Å². The van der Waals surface area contributed by atoms with Crippen molar-refractivity contribution >= 4 is 17.4 Å². The molecular formula is C17H16ClFO2. The molecule has 0 aliphatic heterocycles. The van der Waals surface area contributed by atoms with Crippen molar-refractivity contribution in [2.75, 3.05) is 0 Å². The van der Waals surface area contributed by atoms with Gasteiger partial charge in [-0.05, 0) is 42.2 Å². The molecule has 0 saturated heterocycles. The van der Waals surface area contributed by atoms with E-state index in [1.807, 2.05) is 24.3 Å². The SMILES string of the molecule is CC(O)C(=O)CCc1ccc(-c2ccc(F)c(Cl)c2)cc1. The lowest BCUT2D eigenvalue weighted by Gasteiger charge is -2.06. The number of hydrogen-bond acceptors (Lipinski definition) is 2. The molecule has 0 heterocycles. The summed E-state index contributed by atoms with van der Waals surface area (Å²) in [7, 11) is 0. The highest BCUT2D eigenvalue weighted by molar-refractivity contribution is 6.31. The number of benzene rings is 2. The molecule has 0 aliphatic carbocycles. The quantitative estimate of drug-likeness (QED) is 0.905. The third-order valence-corrected chi connectivity index (χ3v) is 3.62. The van der Waals surface area contributed by atoms with Crippen molar-refractivity contribution < 1.29 is 14.3 Å². The van der Waals surface area contributed by atoms with E-state index in [4.69, 9.17) is 16.7 Å². The zero-order valence-corrected chi connectivity index (χ0v) is 12.4. The molecule has 1 N–H and O–H groups in total. The Balaban J connectivity index is 2.08. The van der Waals surface area contributed by atoms with Crippen LogP contribution in [0.15, 0.2) is 42.5 Å². The Kier molecular flexibility index (Phi) is 5.10. The number of aliphatic hydroxyl groups is 1. The number of carbonyl (C=O) groups is 1. The van der Waals surface area contributed by atoms with Gasteiger partial charge in [-0.3, -0.25) is 4.79 Å². The van der Waals surface area contributed by atoms with Crippen molar-refractivity contribution in [3.8, 4) is 11.1 Å². The summed E-state index contributed by atoms with van der Waals surface area (Å²) in [6.07, 6.45) is -0.00116. The Hall–Kier alpha value is -1.71. The Morgan fingerprint density at radius 2 is 1.81 bits per heavy atom. The second-order valence-electron chi connectivity index (χ2n) is 4.97. The number of aliphatic hydroxyl groups excluding tert-OH is 1. The molecule has 0 amide bonds. The molecule has 0 aromatic heterocycles. The first-order chi connectivity index (χ1) is 9.97. The summed E-state index contributed by atoms with van der Waals surface area (Å²) < 4.78 is 13.1. The van der Waals surface area contributed by atoms with E-state index in [-0.39, 0.29) is 10.8 Å². The van der Waals surface area contributed by atoms with Gasteiger partial charge >= 0.3 is 0 Å². The molecule has 0 aliphatic rings. The largest absolute Gasteiger partial charge is 0.386 e. The van der Waals surface area contributed by atoms with Crippen LogP contribution in [0.4, 0.5) is 4.39 Å². The van der Waals surface area contributed by atoms with E-state index in [1.165, 1.54) is 13.0 Å². The normalized spacial score (nSPS) is 12.2. The number of halogens is 2. The van der Waals surface area contributed by atoms with Crippen molar-refractivity contribution in [1.82, 2.24) is 0 Å². The second-order valence-corrected chi connectivity index (χ2v) is 5.38. The number of hydrogen-bond donors (Lipinski definition) is 1. The van der Waals surface area contributed by atoms with Gasteiger partial charge in [0.1, 0.15) is 11.9 Å². The first-order valence-corrected chi connectivity index (χ1v) is 7.10. The molecule has 4 heteroatoms. The molecule has 0 saturated carbocycles. The number of ketones is 1. The van der Waals surface area contributed by atoms with E-state index in [0.717, 1.165) is 16.7 Å². The van der Waals surface area contributed by atoms with E-state index < -0.39 is 11.9 Å². The van der Waals surface area contributed by atoms with E-state index in [0.29, 0.717) is 12.8 Å². The Morgan fingerprint density at radius 1 is 1.19 bits per heavy atom. The predicted octanol–water partition coefficient (Wildman–Crippen LogP) is 4.03. The van der Waals surface area contributed by atoms with Crippen LogP contribution in [-0.4, -0.2) is 17.0 Å². The first-order valence-electron chi connectivity index (χ1n) is 6.72. The molecule has 1 unspecified atom stereocenters. The molecule has 2 nitrogen and oxygen atoms in total. The van der Waals surface area contributed by atoms with E-state index in [2.05, 4.69) is 0 Å². The van der Waals surface area contributed by atoms with Crippen LogP contribution in [0.1, 0.15) is 18.9 Å². The van der Waals surface area contributed by atoms with Crippen LogP contribution in [0.3, 0.4) is 0 Å². The van der Waals surface area contributed by atoms with E-state index in [1.54, 1.807) is 12.1 Å². The lowest BCUT2D eigenvalue weighted by Crippen LogP contribution is -2.16. The molecular weight excluding hydrogens is 291 g/mol. The zero-order valence-electron chi connectivity index (χ0n) is 11.6. The van der Waals surface area contributed by atoms with Crippen LogP contribution in [0.5, 0.6) is 0 Å². The standard InChI is InChI=1S/C17H16ClFO2/c1-11(20)17(21)9-4-12-2-5-13(6-3-12)14-7-8-16(19)15(18)10-14/h2-3,5-8,10-11,20H,4,9H2,1H3. The minimum absolute atomic E-state index is 0.0964. The summed E-state index contributed by atoms with van der Waals surface area (Å²) in [6, 6.07) is 12.3. The fourth-order valence-electron chi connectivity index (χ4n) is 2.02. The maximum absolute atomic E-state index is 13.1. The van der Waals surface area contributed by atoms with E-state index in [9.17, 15) is 9.18 Å². The predicted molar refractivity (Wildman–Crippen MR) is 81.9 cm³/mol. The van der Waals surface area contributed by atoms with Crippen LogP contribution in [0.25, 0.3) is 11.1 Å². The molecule has 2 rings (SSSR count). The van der Waals surface area contributed by atoms with Gasteiger partial charge in [-0.1, -0.05) is 41.9 Å².